The number of carbonyl (C=O) groups is 1. The van der Waals surface area contributed by atoms with Crippen molar-refractivity contribution in [3.8, 4) is 11.5 Å². The fourth-order valence-corrected chi connectivity index (χ4v) is 3.50. The fourth-order valence-electron chi connectivity index (χ4n) is 2.52. The van der Waals surface area contributed by atoms with Gasteiger partial charge in [-0.3, -0.25) is 4.79 Å². The van der Waals surface area contributed by atoms with Crippen molar-refractivity contribution in [3.05, 3.63) is 53.1 Å². The summed E-state index contributed by atoms with van der Waals surface area (Å²) >= 11 is 7.51. The molecule has 4 nitrogen and oxygen atoms in total. The summed E-state index contributed by atoms with van der Waals surface area (Å²) < 4.78 is 11.1. The van der Waals surface area contributed by atoms with Crippen molar-refractivity contribution < 1.29 is 14.3 Å². The minimum Gasteiger partial charge on any atom is -0.486 e. The van der Waals surface area contributed by atoms with Crippen LogP contribution in [0.5, 0.6) is 11.5 Å². The van der Waals surface area contributed by atoms with E-state index in [2.05, 4.69) is 5.32 Å². The monoisotopic (exact) mass is 377 g/mol. The minimum atomic E-state index is -0.0798. The smallest absolute Gasteiger partial charge is 0.221 e. The van der Waals surface area contributed by atoms with Crippen molar-refractivity contribution in [2.75, 3.05) is 19.0 Å². The Morgan fingerprint density at radius 1 is 1.16 bits per heavy atom. The highest BCUT2D eigenvalue weighted by Gasteiger charge is 2.15. The number of carbonyl (C=O) groups excluding carboxylic acids is 1. The van der Waals surface area contributed by atoms with E-state index in [0.29, 0.717) is 19.6 Å². The Morgan fingerprint density at radius 2 is 1.88 bits per heavy atom. The molecule has 1 amide bonds. The molecule has 2 aromatic carbocycles. The molecule has 6 heteroatoms. The Bertz CT molecular complexity index is 736. The van der Waals surface area contributed by atoms with Gasteiger partial charge < -0.3 is 14.8 Å². The van der Waals surface area contributed by atoms with Crippen molar-refractivity contribution in [1.29, 1.82) is 0 Å². The van der Waals surface area contributed by atoms with Gasteiger partial charge in [-0.2, -0.15) is 0 Å². The first-order chi connectivity index (χ1) is 12.1. The predicted molar refractivity (Wildman–Crippen MR) is 101 cm³/mol. The molecule has 0 radical (unpaired) electrons. The molecule has 132 valence electrons. The van der Waals surface area contributed by atoms with Crippen LogP contribution in [0.4, 0.5) is 0 Å². The van der Waals surface area contributed by atoms with Crippen molar-refractivity contribution in [1.82, 2.24) is 5.32 Å². The maximum Gasteiger partial charge on any atom is 0.221 e. The molecule has 0 spiro atoms. The highest BCUT2D eigenvalue weighted by molar-refractivity contribution is 7.99. The second kappa shape index (κ2) is 8.50. The summed E-state index contributed by atoms with van der Waals surface area (Å²) in [5.74, 6) is 2.25. The van der Waals surface area contributed by atoms with E-state index in [1.165, 1.54) is 0 Å². The van der Waals surface area contributed by atoms with Crippen molar-refractivity contribution in [2.24, 2.45) is 0 Å². The van der Waals surface area contributed by atoms with E-state index < -0.39 is 0 Å². The van der Waals surface area contributed by atoms with E-state index >= 15 is 0 Å². The molecule has 0 saturated carbocycles. The normalized spacial score (nSPS) is 14.0. The molecule has 25 heavy (non-hydrogen) atoms. The maximum atomic E-state index is 12.2. The lowest BCUT2D eigenvalue weighted by molar-refractivity contribution is -0.121. The highest BCUT2D eigenvalue weighted by atomic mass is 35.5. The van der Waals surface area contributed by atoms with Crippen LogP contribution in [-0.4, -0.2) is 24.9 Å². The number of amides is 1. The van der Waals surface area contributed by atoms with E-state index in [4.69, 9.17) is 21.1 Å². The molecule has 0 saturated heterocycles. The third-order valence-corrected chi connectivity index (χ3v) is 5.12. The quantitative estimate of drug-likeness (QED) is 0.754. The Hall–Kier alpha value is -1.85. The second-order valence-electron chi connectivity index (χ2n) is 5.74. The van der Waals surface area contributed by atoms with Crippen LogP contribution >= 0.6 is 23.4 Å². The zero-order valence-electron chi connectivity index (χ0n) is 14.0. The van der Waals surface area contributed by atoms with Gasteiger partial charge in [0.05, 0.1) is 6.04 Å². The largest absolute Gasteiger partial charge is 0.486 e. The van der Waals surface area contributed by atoms with Gasteiger partial charge in [-0.05, 0) is 48.9 Å². The highest BCUT2D eigenvalue weighted by Crippen LogP contribution is 2.32. The van der Waals surface area contributed by atoms with Gasteiger partial charge in [0.1, 0.15) is 13.2 Å². The third kappa shape index (κ3) is 5.06. The first kappa shape index (κ1) is 18.0. The summed E-state index contributed by atoms with van der Waals surface area (Å²) in [6.45, 7) is 3.10. The van der Waals surface area contributed by atoms with Gasteiger partial charge >= 0.3 is 0 Å². The average molecular weight is 378 g/mol. The van der Waals surface area contributed by atoms with Crippen LogP contribution in [0.1, 0.15) is 24.9 Å². The molecule has 1 unspecified atom stereocenters. The number of ether oxygens (including phenoxy) is 2. The van der Waals surface area contributed by atoms with E-state index in [9.17, 15) is 4.79 Å². The number of rotatable bonds is 6. The topological polar surface area (TPSA) is 47.6 Å². The average Bonchev–Trinajstić information content (AvgIpc) is 2.63. The third-order valence-electron chi connectivity index (χ3n) is 3.86. The Balaban J connectivity index is 1.48. The number of thioether (sulfide) groups is 1. The van der Waals surface area contributed by atoms with Gasteiger partial charge in [-0.25, -0.2) is 0 Å². The summed E-state index contributed by atoms with van der Waals surface area (Å²) in [7, 11) is 0. The van der Waals surface area contributed by atoms with Crippen LogP contribution in [0.25, 0.3) is 0 Å². The van der Waals surface area contributed by atoms with Crippen LogP contribution in [-0.2, 0) is 4.79 Å². The lowest BCUT2D eigenvalue weighted by Gasteiger charge is -2.21. The first-order valence-corrected chi connectivity index (χ1v) is 9.55. The van der Waals surface area contributed by atoms with Crippen LogP contribution in [0.3, 0.4) is 0 Å². The van der Waals surface area contributed by atoms with Gasteiger partial charge in [0.25, 0.3) is 0 Å². The molecule has 0 aromatic heterocycles. The van der Waals surface area contributed by atoms with E-state index in [0.717, 1.165) is 32.7 Å². The number of fused-ring (bicyclic) bond motifs is 1. The van der Waals surface area contributed by atoms with Crippen LogP contribution < -0.4 is 14.8 Å². The number of hydrogen-bond donors (Lipinski definition) is 1. The molecule has 0 aliphatic carbocycles. The van der Waals surface area contributed by atoms with Crippen LogP contribution in [0.15, 0.2) is 47.4 Å². The Morgan fingerprint density at radius 3 is 2.64 bits per heavy atom. The minimum absolute atomic E-state index is 0.0313. The first-order valence-electron chi connectivity index (χ1n) is 8.19. The van der Waals surface area contributed by atoms with Crippen LogP contribution in [0, 0.1) is 0 Å². The molecule has 0 bridgehead atoms. The summed E-state index contributed by atoms with van der Waals surface area (Å²) in [5, 5.41) is 3.75. The number of benzene rings is 2. The van der Waals surface area contributed by atoms with Crippen molar-refractivity contribution in [2.45, 2.75) is 24.3 Å². The number of hydrogen-bond acceptors (Lipinski definition) is 4. The molecule has 0 fully saturated rings. The predicted octanol–water partition coefficient (Wildman–Crippen LogP) is 4.47. The van der Waals surface area contributed by atoms with Gasteiger partial charge in [0.15, 0.2) is 11.5 Å². The molecule has 1 N–H and O–H groups in total. The molecule has 1 heterocycles. The van der Waals surface area contributed by atoms with Crippen molar-refractivity contribution >= 4 is 29.3 Å². The Kier molecular flexibility index (Phi) is 6.10. The maximum absolute atomic E-state index is 12.2. The zero-order chi connectivity index (χ0) is 17.6. The lowest BCUT2D eigenvalue weighted by Crippen LogP contribution is -2.27. The van der Waals surface area contributed by atoms with E-state index in [1.54, 1.807) is 11.8 Å². The summed E-state index contributed by atoms with van der Waals surface area (Å²) in [6.07, 6.45) is 0.461. The molecular weight excluding hydrogens is 358 g/mol. The second-order valence-corrected chi connectivity index (χ2v) is 7.35. The fraction of sp³-hybridized carbons (Fsp3) is 0.316. The number of halogens is 1. The molecule has 2 aromatic rings. The van der Waals surface area contributed by atoms with Gasteiger partial charge in [-0.1, -0.05) is 17.7 Å². The molecule has 3 rings (SSSR count). The van der Waals surface area contributed by atoms with E-state index in [-0.39, 0.29) is 11.9 Å². The standard InChI is InChI=1S/C19H20ClNO3S/c1-13(14-2-7-17-18(12-14)24-10-9-23-17)21-19(22)8-11-25-16-5-3-15(20)4-6-16/h2-7,12-13H,8-11H2,1H3,(H,21,22). The Labute approximate surface area is 156 Å². The number of nitrogens with one attached hydrogen (secondary N) is 1. The molecular formula is C19H20ClNO3S. The SMILES string of the molecule is CC(NC(=O)CCSc1ccc(Cl)cc1)c1ccc2c(c1)OCCO2. The molecule has 1 aliphatic heterocycles. The van der Waals surface area contributed by atoms with E-state index in [1.807, 2.05) is 49.4 Å². The van der Waals surface area contributed by atoms with Crippen molar-refractivity contribution in [3.63, 3.8) is 0 Å². The van der Waals surface area contributed by atoms with Gasteiger partial charge in [0.2, 0.25) is 5.91 Å². The lowest BCUT2D eigenvalue weighted by atomic mass is 10.1. The van der Waals surface area contributed by atoms with Gasteiger partial charge in [-0.15, -0.1) is 11.8 Å². The van der Waals surface area contributed by atoms with Crippen LogP contribution in [0.2, 0.25) is 5.02 Å². The van der Waals surface area contributed by atoms with Gasteiger partial charge in [0, 0.05) is 22.1 Å². The molecule has 1 aliphatic rings. The summed E-state index contributed by atoms with van der Waals surface area (Å²) in [5.41, 5.74) is 1.00. The molecule has 1 atom stereocenters. The zero-order valence-corrected chi connectivity index (χ0v) is 15.5. The summed E-state index contributed by atoms with van der Waals surface area (Å²) in [4.78, 5) is 13.3. The summed E-state index contributed by atoms with van der Waals surface area (Å²) in [6, 6.07) is 13.3.